The summed E-state index contributed by atoms with van der Waals surface area (Å²) in [7, 11) is 0. The van der Waals surface area contributed by atoms with E-state index in [-0.39, 0.29) is 18.0 Å². The van der Waals surface area contributed by atoms with E-state index < -0.39 is 18.5 Å². The van der Waals surface area contributed by atoms with E-state index in [4.69, 9.17) is 11.2 Å². The molecule has 7 heteroatoms. The van der Waals surface area contributed by atoms with Crippen molar-refractivity contribution >= 4 is 34.1 Å². The maximum absolute atomic E-state index is 12.1. The molecule has 0 unspecified atom stereocenters. The first kappa shape index (κ1) is 16.7. The Morgan fingerprint density at radius 2 is 2.00 bits per heavy atom. The molecule has 112 valence electrons. The van der Waals surface area contributed by atoms with Crippen molar-refractivity contribution < 1.29 is 19.1 Å². The molecule has 1 rings (SSSR count). The molecule has 0 radical (unpaired) electrons. The average molecular weight is 308 g/mol. The summed E-state index contributed by atoms with van der Waals surface area (Å²) < 4.78 is 4.94. The quantitative estimate of drug-likeness (QED) is 0.633. The van der Waals surface area contributed by atoms with Gasteiger partial charge in [-0.2, -0.15) is 0 Å². The molecular weight excluding hydrogens is 292 g/mol. The van der Waals surface area contributed by atoms with Crippen molar-refractivity contribution in [1.29, 1.82) is 0 Å². The van der Waals surface area contributed by atoms with Gasteiger partial charge in [-0.1, -0.05) is 5.92 Å². The van der Waals surface area contributed by atoms with Gasteiger partial charge in [-0.05, 0) is 19.4 Å². The summed E-state index contributed by atoms with van der Waals surface area (Å²) in [5.41, 5.74) is 0.996. The zero-order chi connectivity index (χ0) is 16.0. The minimum atomic E-state index is -0.656. The number of carbonyl (C=O) groups is 3. The molecular formula is C14H16N2O4S. The van der Waals surface area contributed by atoms with Crippen LogP contribution in [0.4, 0.5) is 5.00 Å². The summed E-state index contributed by atoms with van der Waals surface area (Å²) in [5.74, 6) is 0.827. The van der Waals surface area contributed by atoms with Gasteiger partial charge < -0.3 is 15.4 Å². The number of rotatable bonds is 5. The number of terminal acetylenes is 1. The van der Waals surface area contributed by atoms with Crippen LogP contribution >= 0.6 is 11.3 Å². The summed E-state index contributed by atoms with van der Waals surface area (Å²) >= 11 is 1.29. The molecule has 0 saturated carbocycles. The van der Waals surface area contributed by atoms with Gasteiger partial charge in [-0.25, -0.2) is 4.79 Å². The Balaban J connectivity index is 2.80. The molecule has 0 aliphatic rings. The van der Waals surface area contributed by atoms with E-state index in [1.807, 2.05) is 6.92 Å². The van der Waals surface area contributed by atoms with Gasteiger partial charge in [0.15, 0.2) is 6.61 Å². The van der Waals surface area contributed by atoms with Gasteiger partial charge in [0.25, 0.3) is 5.91 Å². The minimum Gasteiger partial charge on any atom is -0.452 e. The Labute approximate surface area is 126 Å². The van der Waals surface area contributed by atoms with Crippen molar-refractivity contribution in [2.75, 3.05) is 18.5 Å². The highest BCUT2D eigenvalue weighted by molar-refractivity contribution is 7.16. The number of carbonyl (C=O) groups excluding carboxylic acids is 3. The van der Waals surface area contributed by atoms with E-state index in [1.165, 1.54) is 18.3 Å². The zero-order valence-corrected chi connectivity index (χ0v) is 12.8. The molecule has 0 spiro atoms. The van der Waals surface area contributed by atoms with Gasteiger partial charge in [-0.15, -0.1) is 17.8 Å². The number of thiophene rings is 1. The van der Waals surface area contributed by atoms with E-state index in [9.17, 15) is 14.4 Å². The van der Waals surface area contributed by atoms with Crippen LogP contribution in [0, 0.1) is 26.2 Å². The van der Waals surface area contributed by atoms with Crippen LogP contribution in [0.1, 0.15) is 27.7 Å². The van der Waals surface area contributed by atoms with Gasteiger partial charge in [-0.3, -0.25) is 9.59 Å². The molecule has 1 heterocycles. The lowest BCUT2D eigenvalue weighted by Gasteiger charge is -2.07. The van der Waals surface area contributed by atoms with Crippen LogP contribution in [0.3, 0.4) is 0 Å². The minimum absolute atomic E-state index is 0.0735. The van der Waals surface area contributed by atoms with Crippen molar-refractivity contribution in [1.82, 2.24) is 5.32 Å². The Morgan fingerprint density at radius 1 is 1.33 bits per heavy atom. The van der Waals surface area contributed by atoms with E-state index in [2.05, 4.69) is 16.6 Å². The number of nitrogens with one attached hydrogen (secondary N) is 2. The lowest BCUT2D eigenvalue weighted by atomic mass is 10.1. The van der Waals surface area contributed by atoms with Crippen molar-refractivity contribution in [3.63, 3.8) is 0 Å². The standard InChI is InChI=1S/C14H16N2O4S/c1-5-6-15-11(18)7-20-14(19)12-8(2)9(3)21-13(12)16-10(4)17/h1H,6-7H2,2-4H3,(H,15,18)(H,16,17). The molecule has 0 aromatic carbocycles. The van der Waals surface area contributed by atoms with Gasteiger partial charge in [0.1, 0.15) is 5.00 Å². The van der Waals surface area contributed by atoms with Crippen LogP contribution in [0.5, 0.6) is 0 Å². The molecule has 0 aliphatic heterocycles. The lowest BCUT2D eigenvalue weighted by molar-refractivity contribution is -0.124. The highest BCUT2D eigenvalue weighted by Gasteiger charge is 2.22. The zero-order valence-electron chi connectivity index (χ0n) is 12.0. The van der Waals surface area contributed by atoms with Crippen LogP contribution in [0.25, 0.3) is 0 Å². The van der Waals surface area contributed by atoms with Crippen LogP contribution in [-0.2, 0) is 14.3 Å². The first-order chi connectivity index (χ1) is 9.86. The molecule has 0 saturated heterocycles. The largest absolute Gasteiger partial charge is 0.452 e. The highest BCUT2D eigenvalue weighted by Crippen LogP contribution is 2.32. The predicted octanol–water partition coefficient (Wildman–Crippen LogP) is 1.23. The Bertz CT molecular complexity index is 613. The topological polar surface area (TPSA) is 84.5 Å². The summed E-state index contributed by atoms with van der Waals surface area (Å²) in [6, 6.07) is 0. The smallest absolute Gasteiger partial charge is 0.341 e. The first-order valence-corrected chi connectivity index (χ1v) is 6.93. The number of hydrogen-bond donors (Lipinski definition) is 2. The Kier molecular flexibility index (Phi) is 5.93. The van der Waals surface area contributed by atoms with Crippen molar-refractivity contribution in [3.8, 4) is 12.3 Å². The predicted molar refractivity (Wildman–Crippen MR) is 80.2 cm³/mol. The van der Waals surface area contributed by atoms with Crippen LogP contribution in [-0.4, -0.2) is 30.9 Å². The van der Waals surface area contributed by atoms with E-state index in [0.29, 0.717) is 5.00 Å². The van der Waals surface area contributed by atoms with Gasteiger partial charge in [0.2, 0.25) is 5.91 Å². The number of anilines is 1. The fourth-order valence-electron chi connectivity index (χ4n) is 1.52. The summed E-state index contributed by atoms with van der Waals surface area (Å²) in [4.78, 5) is 35.5. The molecule has 0 fully saturated rings. The van der Waals surface area contributed by atoms with Gasteiger partial charge in [0, 0.05) is 11.8 Å². The second-order valence-electron chi connectivity index (χ2n) is 4.23. The summed E-state index contributed by atoms with van der Waals surface area (Å²) in [5, 5.41) is 5.40. The number of ether oxygens (including phenoxy) is 1. The fourth-order valence-corrected chi connectivity index (χ4v) is 2.62. The molecule has 0 bridgehead atoms. The van der Waals surface area contributed by atoms with E-state index >= 15 is 0 Å². The monoisotopic (exact) mass is 308 g/mol. The number of aryl methyl sites for hydroxylation is 1. The summed E-state index contributed by atoms with van der Waals surface area (Å²) in [6.07, 6.45) is 5.00. The van der Waals surface area contributed by atoms with Crippen molar-refractivity contribution in [2.24, 2.45) is 0 Å². The van der Waals surface area contributed by atoms with Crippen molar-refractivity contribution in [3.05, 3.63) is 16.0 Å². The van der Waals surface area contributed by atoms with Crippen LogP contribution in [0.15, 0.2) is 0 Å². The van der Waals surface area contributed by atoms with E-state index in [0.717, 1.165) is 10.4 Å². The normalized spacial score (nSPS) is 9.62. The summed E-state index contributed by atoms with van der Waals surface area (Å²) in [6.45, 7) is 4.60. The number of hydrogen-bond acceptors (Lipinski definition) is 5. The average Bonchev–Trinajstić information content (AvgIpc) is 2.68. The van der Waals surface area contributed by atoms with Crippen LogP contribution < -0.4 is 10.6 Å². The fraction of sp³-hybridized carbons (Fsp3) is 0.357. The molecule has 0 atom stereocenters. The lowest BCUT2D eigenvalue weighted by Crippen LogP contribution is -2.29. The molecule has 0 aliphatic carbocycles. The Morgan fingerprint density at radius 3 is 2.57 bits per heavy atom. The molecule has 2 amide bonds. The van der Waals surface area contributed by atoms with E-state index in [1.54, 1.807) is 6.92 Å². The third-order valence-electron chi connectivity index (χ3n) is 2.60. The molecule has 1 aromatic heterocycles. The molecule has 1 aromatic rings. The number of amides is 2. The first-order valence-electron chi connectivity index (χ1n) is 6.11. The highest BCUT2D eigenvalue weighted by atomic mass is 32.1. The third-order valence-corrected chi connectivity index (χ3v) is 3.72. The van der Waals surface area contributed by atoms with Crippen LogP contribution in [0.2, 0.25) is 0 Å². The second-order valence-corrected chi connectivity index (χ2v) is 5.45. The SMILES string of the molecule is C#CCNC(=O)COC(=O)c1c(NC(C)=O)sc(C)c1C. The maximum atomic E-state index is 12.1. The second kappa shape index (κ2) is 7.45. The van der Waals surface area contributed by atoms with Gasteiger partial charge in [0.05, 0.1) is 12.1 Å². The number of esters is 1. The molecule has 2 N–H and O–H groups in total. The maximum Gasteiger partial charge on any atom is 0.341 e. The Hall–Kier alpha value is -2.33. The third kappa shape index (κ3) is 4.61. The van der Waals surface area contributed by atoms with Crippen molar-refractivity contribution in [2.45, 2.75) is 20.8 Å². The molecule has 21 heavy (non-hydrogen) atoms. The molecule has 6 nitrogen and oxygen atoms in total. The van der Waals surface area contributed by atoms with Gasteiger partial charge >= 0.3 is 5.97 Å².